The van der Waals surface area contributed by atoms with E-state index in [1.807, 2.05) is 17.0 Å². The predicted molar refractivity (Wildman–Crippen MR) is 95.0 cm³/mol. The second-order valence-corrected chi connectivity index (χ2v) is 6.25. The van der Waals surface area contributed by atoms with Crippen molar-refractivity contribution >= 4 is 11.7 Å². The number of pyridine rings is 1. The molecule has 1 N–H and O–H groups in total. The van der Waals surface area contributed by atoms with Crippen LogP contribution < -0.4 is 5.32 Å². The first kappa shape index (κ1) is 17.3. The Morgan fingerprint density at radius 3 is 2.80 bits per heavy atom. The van der Waals surface area contributed by atoms with Gasteiger partial charge in [-0.2, -0.15) is 0 Å². The van der Waals surface area contributed by atoms with Gasteiger partial charge in [0.1, 0.15) is 5.82 Å². The summed E-state index contributed by atoms with van der Waals surface area (Å²) >= 11 is 0. The van der Waals surface area contributed by atoms with Crippen LogP contribution in [0.25, 0.3) is 11.4 Å². The van der Waals surface area contributed by atoms with Gasteiger partial charge in [0.05, 0.1) is 18.8 Å². The van der Waals surface area contributed by atoms with Crippen molar-refractivity contribution in [1.29, 1.82) is 0 Å². The average molecular weight is 341 g/mol. The fourth-order valence-electron chi connectivity index (χ4n) is 2.97. The van der Waals surface area contributed by atoms with Gasteiger partial charge < -0.3 is 15.0 Å². The molecule has 0 aromatic carbocycles. The van der Waals surface area contributed by atoms with E-state index in [1.165, 1.54) is 0 Å². The van der Waals surface area contributed by atoms with Gasteiger partial charge in [0.2, 0.25) is 5.91 Å². The number of rotatable bonds is 5. The lowest BCUT2D eigenvalue weighted by Crippen LogP contribution is -2.36. The number of anilines is 1. The molecule has 2 aromatic rings. The number of ether oxygens (including phenoxy) is 1. The molecule has 132 valence electrons. The molecule has 1 amide bonds. The van der Waals surface area contributed by atoms with Gasteiger partial charge in [-0.05, 0) is 25.5 Å². The Morgan fingerprint density at radius 2 is 2.12 bits per heavy atom. The van der Waals surface area contributed by atoms with Crippen molar-refractivity contribution in [2.45, 2.75) is 32.9 Å². The first-order chi connectivity index (χ1) is 12.1. The van der Waals surface area contributed by atoms with E-state index < -0.39 is 0 Å². The molecule has 0 saturated carbocycles. The third-order valence-corrected chi connectivity index (χ3v) is 4.25. The Kier molecular flexibility index (Phi) is 5.23. The molecular weight excluding hydrogens is 318 g/mol. The minimum absolute atomic E-state index is 0.0667. The third-order valence-electron chi connectivity index (χ3n) is 4.25. The lowest BCUT2D eigenvalue weighted by atomic mass is 10.0. The highest BCUT2D eigenvalue weighted by molar-refractivity contribution is 5.74. The van der Waals surface area contributed by atoms with Crippen molar-refractivity contribution in [1.82, 2.24) is 19.9 Å². The Bertz CT molecular complexity index is 751. The second-order valence-electron chi connectivity index (χ2n) is 6.25. The van der Waals surface area contributed by atoms with E-state index >= 15 is 0 Å². The number of amides is 1. The van der Waals surface area contributed by atoms with Crippen LogP contribution in [0.3, 0.4) is 0 Å². The lowest BCUT2D eigenvalue weighted by Gasteiger charge is -2.29. The molecule has 1 unspecified atom stereocenters. The number of carbonyl (C=O) groups excluding carboxylic acids is 1. The van der Waals surface area contributed by atoms with Crippen LogP contribution in [0, 0.1) is 0 Å². The zero-order valence-corrected chi connectivity index (χ0v) is 14.8. The number of hydrogen-bond acceptors (Lipinski definition) is 6. The number of hydrogen-bond donors (Lipinski definition) is 1. The molecule has 7 heteroatoms. The van der Waals surface area contributed by atoms with E-state index in [0.29, 0.717) is 25.5 Å². The number of nitrogens with one attached hydrogen (secondary N) is 1. The van der Waals surface area contributed by atoms with Gasteiger partial charge >= 0.3 is 0 Å². The summed E-state index contributed by atoms with van der Waals surface area (Å²) in [6.07, 6.45) is 4.19. The van der Waals surface area contributed by atoms with E-state index in [1.54, 1.807) is 26.4 Å². The van der Waals surface area contributed by atoms with Gasteiger partial charge in [-0.3, -0.25) is 9.78 Å². The Morgan fingerprint density at radius 1 is 1.36 bits per heavy atom. The van der Waals surface area contributed by atoms with Gasteiger partial charge in [0.25, 0.3) is 0 Å². The largest absolute Gasteiger partial charge is 0.383 e. The van der Waals surface area contributed by atoms with Crippen molar-refractivity contribution in [3.8, 4) is 11.4 Å². The minimum Gasteiger partial charge on any atom is -0.383 e. The molecule has 25 heavy (non-hydrogen) atoms. The van der Waals surface area contributed by atoms with E-state index in [-0.39, 0.29) is 11.9 Å². The van der Waals surface area contributed by atoms with Crippen LogP contribution in [-0.2, 0) is 22.5 Å². The zero-order valence-electron chi connectivity index (χ0n) is 14.8. The molecule has 3 rings (SSSR count). The van der Waals surface area contributed by atoms with Crippen molar-refractivity contribution < 1.29 is 9.53 Å². The number of nitrogens with zero attached hydrogens (tertiary/aromatic N) is 4. The summed E-state index contributed by atoms with van der Waals surface area (Å²) in [6.45, 7) is 5.43. The Balaban J connectivity index is 2.01. The van der Waals surface area contributed by atoms with Crippen LogP contribution in [0.15, 0.2) is 24.5 Å². The standard InChI is InChI=1S/C18H23N5O2/c1-12(11-25-3)20-18-15-6-9-23(13(2)24)10-16(15)21-17(22-18)14-4-7-19-8-5-14/h4-5,7-8,12H,6,9-11H2,1-3H3,(H,20,21,22). The summed E-state index contributed by atoms with van der Waals surface area (Å²) in [7, 11) is 1.68. The highest BCUT2D eigenvalue weighted by Gasteiger charge is 2.24. The van der Waals surface area contributed by atoms with Crippen molar-refractivity contribution in [2.24, 2.45) is 0 Å². The van der Waals surface area contributed by atoms with E-state index in [0.717, 1.165) is 29.1 Å². The summed E-state index contributed by atoms with van der Waals surface area (Å²) < 4.78 is 5.22. The zero-order chi connectivity index (χ0) is 17.8. The van der Waals surface area contributed by atoms with Gasteiger partial charge in [-0.1, -0.05) is 0 Å². The molecule has 1 aliphatic rings. The highest BCUT2D eigenvalue weighted by atomic mass is 16.5. The first-order valence-electron chi connectivity index (χ1n) is 8.39. The molecule has 2 aromatic heterocycles. The van der Waals surface area contributed by atoms with Gasteiger partial charge in [0, 0.05) is 50.1 Å². The number of fused-ring (bicyclic) bond motifs is 1. The molecule has 0 saturated heterocycles. The fourth-order valence-corrected chi connectivity index (χ4v) is 2.97. The maximum absolute atomic E-state index is 11.8. The molecule has 7 nitrogen and oxygen atoms in total. The topological polar surface area (TPSA) is 80.2 Å². The van der Waals surface area contributed by atoms with Crippen molar-refractivity contribution in [3.05, 3.63) is 35.8 Å². The average Bonchev–Trinajstić information content (AvgIpc) is 2.62. The summed E-state index contributed by atoms with van der Waals surface area (Å²) in [5.74, 6) is 1.53. The molecule has 1 atom stereocenters. The third kappa shape index (κ3) is 3.93. The van der Waals surface area contributed by atoms with Crippen LogP contribution in [0.4, 0.5) is 5.82 Å². The van der Waals surface area contributed by atoms with E-state index in [9.17, 15) is 4.79 Å². The summed E-state index contributed by atoms with van der Waals surface area (Å²) in [5.41, 5.74) is 2.88. The highest BCUT2D eigenvalue weighted by Crippen LogP contribution is 2.27. The van der Waals surface area contributed by atoms with Gasteiger partial charge in [-0.15, -0.1) is 0 Å². The molecule has 0 bridgehead atoms. The van der Waals surface area contributed by atoms with Crippen LogP contribution in [0.1, 0.15) is 25.1 Å². The first-order valence-corrected chi connectivity index (χ1v) is 8.39. The van der Waals surface area contributed by atoms with Gasteiger partial charge in [-0.25, -0.2) is 9.97 Å². The predicted octanol–water partition coefficient (Wildman–Crippen LogP) is 1.89. The van der Waals surface area contributed by atoms with Crippen LogP contribution in [-0.4, -0.2) is 52.1 Å². The Labute approximate surface area is 147 Å². The van der Waals surface area contributed by atoms with Crippen LogP contribution >= 0.6 is 0 Å². The van der Waals surface area contributed by atoms with Crippen molar-refractivity contribution in [2.75, 3.05) is 25.6 Å². The molecule has 0 radical (unpaired) electrons. The normalized spacial score (nSPS) is 14.8. The van der Waals surface area contributed by atoms with Crippen molar-refractivity contribution in [3.63, 3.8) is 0 Å². The molecule has 1 aliphatic heterocycles. The molecule has 0 aliphatic carbocycles. The number of carbonyl (C=O) groups is 1. The molecule has 0 fully saturated rings. The SMILES string of the molecule is COCC(C)Nc1nc(-c2ccncc2)nc2c1CCN(C(C)=O)C2. The molecule has 3 heterocycles. The maximum atomic E-state index is 11.8. The van der Waals surface area contributed by atoms with E-state index in [2.05, 4.69) is 17.2 Å². The number of methoxy groups -OCH3 is 1. The Hall–Kier alpha value is -2.54. The maximum Gasteiger partial charge on any atom is 0.219 e. The monoisotopic (exact) mass is 341 g/mol. The lowest BCUT2D eigenvalue weighted by molar-refractivity contribution is -0.129. The van der Waals surface area contributed by atoms with Crippen LogP contribution in [0.5, 0.6) is 0 Å². The quantitative estimate of drug-likeness (QED) is 0.894. The van der Waals surface area contributed by atoms with E-state index in [4.69, 9.17) is 14.7 Å². The summed E-state index contributed by atoms with van der Waals surface area (Å²) in [6, 6.07) is 3.89. The number of aromatic nitrogens is 3. The molecular formula is C18H23N5O2. The fraction of sp³-hybridized carbons (Fsp3) is 0.444. The summed E-state index contributed by atoms with van der Waals surface area (Å²) in [5, 5.41) is 3.43. The summed E-state index contributed by atoms with van der Waals surface area (Å²) in [4.78, 5) is 27.1. The second kappa shape index (κ2) is 7.57. The molecule has 0 spiro atoms. The minimum atomic E-state index is 0.0667. The van der Waals surface area contributed by atoms with Crippen LogP contribution in [0.2, 0.25) is 0 Å². The smallest absolute Gasteiger partial charge is 0.219 e. The van der Waals surface area contributed by atoms with Gasteiger partial charge in [0.15, 0.2) is 5.82 Å².